The summed E-state index contributed by atoms with van der Waals surface area (Å²) in [5.41, 5.74) is 1.25. The normalized spacial score (nSPS) is 16.7. The molecule has 2 aromatic rings. The van der Waals surface area contributed by atoms with E-state index in [0.717, 1.165) is 0 Å². The Kier molecular flexibility index (Phi) is 4.39. The fourth-order valence-electron chi connectivity index (χ4n) is 2.16. The van der Waals surface area contributed by atoms with Crippen molar-refractivity contribution in [2.75, 3.05) is 5.32 Å². The van der Waals surface area contributed by atoms with Crippen molar-refractivity contribution in [3.63, 3.8) is 0 Å². The summed E-state index contributed by atoms with van der Waals surface area (Å²) in [5.74, 6) is -1.02. The fraction of sp³-hybridized carbons (Fsp3) is 0.0588. The maximum absolute atomic E-state index is 12.2. The van der Waals surface area contributed by atoms with Crippen LogP contribution in [0.25, 0.3) is 0 Å². The molecule has 7 heteroatoms. The molecule has 0 fully saturated rings. The second-order valence-electron chi connectivity index (χ2n) is 5.02. The van der Waals surface area contributed by atoms with Gasteiger partial charge in [-0.2, -0.15) is 0 Å². The zero-order chi connectivity index (χ0) is 17.1. The van der Waals surface area contributed by atoms with E-state index < -0.39 is 18.1 Å². The molecule has 0 spiro atoms. The van der Waals surface area contributed by atoms with Crippen molar-refractivity contribution >= 4 is 29.2 Å². The maximum atomic E-state index is 12.2. The molecule has 0 unspecified atom stereocenters. The average Bonchev–Trinajstić information content (AvgIpc) is 2.85. The van der Waals surface area contributed by atoms with Gasteiger partial charge in [-0.05, 0) is 36.4 Å². The van der Waals surface area contributed by atoms with Gasteiger partial charge >= 0.3 is 5.97 Å². The third-order valence-corrected chi connectivity index (χ3v) is 3.71. The van der Waals surface area contributed by atoms with Crippen molar-refractivity contribution in [1.82, 2.24) is 5.32 Å². The number of hydrogen-bond acceptors (Lipinski definition) is 5. The van der Waals surface area contributed by atoms with Gasteiger partial charge in [-0.15, -0.1) is 0 Å². The summed E-state index contributed by atoms with van der Waals surface area (Å²) in [7, 11) is 0. The molecule has 0 aromatic heterocycles. The van der Waals surface area contributed by atoms with E-state index in [1.165, 1.54) is 12.1 Å². The Morgan fingerprint density at radius 1 is 1.08 bits per heavy atom. The lowest BCUT2D eigenvalue weighted by Gasteiger charge is -2.17. The van der Waals surface area contributed by atoms with Crippen LogP contribution in [0.1, 0.15) is 10.4 Å². The molecule has 2 aromatic carbocycles. The number of cyclic esters (lactones) is 1. The Hall–Kier alpha value is -2.99. The second-order valence-corrected chi connectivity index (χ2v) is 5.40. The molecule has 1 atom stereocenters. The highest BCUT2D eigenvalue weighted by molar-refractivity contribution is 6.42. The first kappa shape index (κ1) is 15.9. The number of halogens is 1. The first-order valence-electron chi connectivity index (χ1n) is 7.07. The van der Waals surface area contributed by atoms with Gasteiger partial charge < -0.3 is 20.5 Å². The molecule has 1 heterocycles. The van der Waals surface area contributed by atoms with Gasteiger partial charge in [0.25, 0.3) is 5.91 Å². The highest BCUT2D eigenvalue weighted by atomic mass is 35.5. The molecular weight excluding hydrogens is 332 g/mol. The van der Waals surface area contributed by atoms with Gasteiger partial charge in [-0.3, -0.25) is 4.79 Å². The third kappa shape index (κ3) is 3.33. The Morgan fingerprint density at radius 3 is 2.42 bits per heavy atom. The number of carbonyl (C=O) groups is 2. The van der Waals surface area contributed by atoms with Gasteiger partial charge in [0.15, 0.2) is 5.03 Å². The molecule has 0 saturated heterocycles. The van der Waals surface area contributed by atoms with Gasteiger partial charge in [0.1, 0.15) is 11.4 Å². The summed E-state index contributed by atoms with van der Waals surface area (Å²) >= 11 is 5.98. The van der Waals surface area contributed by atoms with E-state index >= 15 is 0 Å². The molecule has 0 saturated carbocycles. The molecule has 1 aliphatic heterocycles. The summed E-state index contributed by atoms with van der Waals surface area (Å²) in [5, 5.41) is 14.7. The Balaban J connectivity index is 1.78. The van der Waals surface area contributed by atoms with Gasteiger partial charge in [-0.25, -0.2) is 4.79 Å². The van der Waals surface area contributed by atoms with Crippen molar-refractivity contribution in [2.24, 2.45) is 0 Å². The van der Waals surface area contributed by atoms with Crippen molar-refractivity contribution in [2.45, 2.75) is 6.23 Å². The first-order chi connectivity index (χ1) is 11.5. The smallest absolute Gasteiger partial charge is 0.354 e. The van der Waals surface area contributed by atoms with Crippen molar-refractivity contribution < 1.29 is 19.4 Å². The number of hydrogen-bond donors (Lipinski definition) is 3. The van der Waals surface area contributed by atoms with E-state index in [1.807, 2.05) is 0 Å². The summed E-state index contributed by atoms with van der Waals surface area (Å²) in [6, 6.07) is 14.7. The van der Waals surface area contributed by atoms with Crippen LogP contribution in [0.5, 0.6) is 5.75 Å². The van der Waals surface area contributed by atoms with E-state index in [4.69, 9.17) is 16.3 Å². The van der Waals surface area contributed by atoms with Crippen LogP contribution in [0.2, 0.25) is 0 Å². The standard InChI is InChI=1S/C17H13ClN2O4/c18-13-14(19-11-6-8-12(21)9-7-11)16(24-17(13)23)20-15(22)10-4-2-1-3-5-10/h1-9,16,19,21H,(H,20,22)/t16-/m0/s1. The lowest BCUT2D eigenvalue weighted by atomic mass is 10.2. The number of carbonyl (C=O) groups excluding carboxylic acids is 2. The van der Waals surface area contributed by atoms with E-state index in [2.05, 4.69) is 10.6 Å². The molecule has 1 amide bonds. The van der Waals surface area contributed by atoms with E-state index in [1.54, 1.807) is 42.5 Å². The Bertz CT molecular complexity index is 803. The topological polar surface area (TPSA) is 87.7 Å². The molecule has 122 valence electrons. The largest absolute Gasteiger partial charge is 0.508 e. The molecule has 1 aliphatic rings. The number of rotatable bonds is 4. The first-order valence-corrected chi connectivity index (χ1v) is 7.45. The Labute approximate surface area is 142 Å². The number of phenolic OH excluding ortho intramolecular Hbond substituents is 1. The predicted octanol–water partition coefficient (Wildman–Crippen LogP) is 2.57. The van der Waals surface area contributed by atoms with Crippen LogP contribution in [-0.2, 0) is 9.53 Å². The van der Waals surface area contributed by atoms with Gasteiger partial charge in [0.2, 0.25) is 6.23 Å². The molecule has 3 rings (SSSR count). The molecule has 0 bridgehead atoms. The average molecular weight is 345 g/mol. The van der Waals surface area contributed by atoms with Crippen LogP contribution in [0, 0.1) is 0 Å². The van der Waals surface area contributed by atoms with Gasteiger partial charge in [0, 0.05) is 11.3 Å². The zero-order valence-electron chi connectivity index (χ0n) is 12.3. The van der Waals surface area contributed by atoms with Crippen LogP contribution < -0.4 is 10.6 Å². The molecule has 6 nitrogen and oxygen atoms in total. The van der Waals surface area contributed by atoms with Crippen LogP contribution in [-0.4, -0.2) is 23.2 Å². The van der Waals surface area contributed by atoms with Crippen molar-refractivity contribution in [1.29, 1.82) is 0 Å². The van der Waals surface area contributed by atoms with Crippen molar-refractivity contribution in [3.8, 4) is 5.75 Å². The molecule has 0 aliphatic carbocycles. The lowest BCUT2D eigenvalue weighted by molar-refractivity contribution is -0.139. The number of ether oxygens (including phenoxy) is 1. The highest BCUT2D eigenvalue weighted by Crippen LogP contribution is 2.27. The zero-order valence-corrected chi connectivity index (χ0v) is 13.1. The summed E-state index contributed by atoms with van der Waals surface area (Å²) < 4.78 is 5.09. The fourth-order valence-corrected chi connectivity index (χ4v) is 2.35. The monoisotopic (exact) mass is 344 g/mol. The van der Waals surface area contributed by atoms with Crippen molar-refractivity contribution in [3.05, 3.63) is 70.9 Å². The second kappa shape index (κ2) is 6.64. The minimum atomic E-state index is -1.02. The van der Waals surface area contributed by atoms with Crippen LogP contribution in [0.3, 0.4) is 0 Å². The summed E-state index contributed by atoms with van der Waals surface area (Å²) in [6.07, 6.45) is -1.02. The van der Waals surface area contributed by atoms with E-state index in [0.29, 0.717) is 11.3 Å². The lowest BCUT2D eigenvalue weighted by Crippen LogP contribution is -2.38. The molecular formula is C17H13ClN2O4. The summed E-state index contributed by atoms with van der Waals surface area (Å²) in [4.78, 5) is 23.9. The number of phenols is 1. The number of esters is 1. The van der Waals surface area contributed by atoms with E-state index in [-0.39, 0.29) is 16.5 Å². The van der Waals surface area contributed by atoms with Gasteiger partial charge in [0.05, 0.1) is 0 Å². The molecule has 24 heavy (non-hydrogen) atoms. The third-order valence-electron chi connectivity index (χ3n) is 3.35. The number of amides is 1. The van der Waals surface area contributed by atoms with E-state index in [9.17, 15) is 14.7 Å². The Morgan fingerprint density at radius 2 is 1.75 bits per heavy atom. The number of benzene rings is 2. The number of aromatic hydroxyl groups is 1. The number of anilines is 1. The molecule has 3 N–H and O–H groups in total. The SMILES string of the molecule is O=C1O[C@H](NC(=O)c2ccccc2)C(Nc2ccc(O)cc2)=C1Cl. The minimum absolute atomic E-state index is 0.105. The van der Waals surface area contributed by atoms with Crippen LogP contribution in [0.15, 0.2) is 65.3 Å². The van der Waals surface area contributed by atoms with Crippen LogP contribution >= 0.6 is 11.6 Å². The highest BCUT2D eigenvalue weighted by Gasteiger charge is 2.34. The minimum Gasteiger partial charge on any atom is -0.508 e. The quantitative estimate of drug-likeness (QED) is 0.586. The number of nitrogens with one attached hydrogen (secondary N) is 2. The van der Waals surface area contributed by atoms with Crippen LogP contribution in [0.4, 0.5) is 5.69 Å². The van der Waals surface area contributed by atoms with Gasteiger partial charge in [-0.1, -0.05) is 29.8 Å². The predicted molar refractivity (Wildman–Crippen MR) is 88.4 cm³/mol. The molecule has 0 radical (unpaired) electrons. The maximum Gasteiger partial charge on any atom is 0.354 e. The summed E-state index contributed by atoms with van der Waals surface area (Å²) in [6.45, 7) is 0.